The molecule has 0 saturated heterocycles. The van der Waals surface area contributed by atoms with Crippen LogP contribution in [0.2, 0.25) is 5.02 Å². The summed E-state index contributed by atoms with van der Waals surface area (Å²) in [5.74, 6) is 0.0174. The Bertz CT molecular complexity index is 355. The van der Waals surface area contributed by atoms with Gasteiger partial charge in [-0.3, -0.25) is 4.79 Å². The number of carbonyl (C=O) groups excluding carboxylic acids is 1. The Labute approximate surface area is 107 Å². The number of ether oxygens (including phenoxy) is 1. The number of benzene rings is 1. The molecular formula is C13H18ClNO2. The van der Waals surface area contributed by atoms with E-state index >= 15 is 0 Å². The van der Waals surface area contributed by atoms with Gasteiger partial charge in [0, 0.05) is 24.8 Å². The molecule has 4 heteroatoms. The lowest BCUT2D eigenvalue weighted by atomic mass is 10.1. The molecule has 0 atom stereocenters. The van der Waals surface area contributed by atoms with E-state index in [4.69, 9.17) is 16.3 Å². The van der Waals surface area contributed by atoms with E-state index in [9.17, 15) is 4.79 Å². The predicted octanol–water partition coefficient (Wildman–Crippen LogP) is 2.43. The minimum Gasteiger partial charge on any atom is -0.382 e. The summed E-state index contributed by atoms with van der Waals surface area (Å²) in [6.07, 6.45) is 1.21. The van der Waals surface area contributed by atoms with Gasteiger partial charge in [0.25, 0.3) is 0 Å². The molecule has 0 aromatic heterocycles. The van der Waals surface area contributed by atoms with Crippen LogP contribution in [-0.2, 0) is 16.0 Å². The minimum atomic E-state index is 0.0174. The van der Waals surface area contributed by atoms with Crippen LogP contribution in [0.3, 0.4) is 0 Å². The van der Waals surface area contributed by atoms with Gasteiger partial charge >= 0.3 is 0 Å². The summed E-state index contributed by atoms with van der Waals surface area (Å²) in [6, 6.07) is 7.35. The van der Waals surface area contributed by atoms with Crippen molar-refractivity contribution in [1.29, 1.82) is 0 Å². The highest BCUT2D eigenvalue weighted by Crippen LogP contribution is 2.10. The second-order valence-electron chi connectivity index (χ2n) is 3.71. The van der Waals surface area contributed by atoms with Crippen molar-refractivity contribution in [3.8, 4) is 0 Å². The molecule has 3 nitrogen and oxygen atoms in total. The zero-order valence-corrected chi connectivity index (χ0v) is 10.8. The van der Waals surface area contributed by atoms with Crippen LogP contribution in [0.1, 0.15) is 18.9 Å². The summed E-state index contributed by atoms with van der Waals surface area (Å²) in [7, 11) is 0. The van der Waals surface area contributed by atoms with Gasteiger partial charge in [-0.05, 0) is 31.0 Å². The van der Waals surface area contributed by atoms with Crippen LogP contribution in [0.25, 0.3) is 0 Å². The average molecular weight is 256 g/mol. The van der Waals surface area contributed by atoms with Gasteiger partial charge in [-0.25, -0.2) is 0 Å². The van der Waals surface area contributed by atoms with E-state index < -0.39 is 0 Å². The maximum atomic E-state index is 11.6. The van der Waals surface area contributed by atoms with Crippen molar-refractivity contribution in [1.82, 2.24) is 5.32 Å². The first-order valence-electron chi connectivity index (χ1n) is 5.81. The Morgan fingerprint density at radius 2 is 2.29 bits per heavy atom. The molecule has 17 heavy (non-hydrogen) atoms. The Morgan fingerprint density at radius 1 is 1.47 bits per heavy atom. The summed E-state index contributed by atoms with van der Waals surface area (Å²) >= 11 is 5.84. The molecule has 0 unspecified atom stereocenters. The van der Waals surface area contributed by atoms with Crippen molar-refractivity contribution < 1.29 is 9.53 Å². The fourth-order valence-electron chi connectivity index (χ4n) is 1.44. The first-order valence-corrected chi connectivity index (χ1v) is 6.19. The first kappa shape index (κ1) is 14.0. The van der Waals surface area contributed by atoms with E-state index in [0.29, 0.717) is 24.6 Å². The molecule has 0 aliphatic rings. The zero-order chi connectivity index (χ0) is 12.5. The molecule has 0 radical (unpaired) electrons. The highest BCUT2D eigenvalue weighted by molar-refractivity contribution is 6.30. The van der Waals surface area contributed by atoms with Gasteiger partial charge in [0.1, 0.15) is 0 Å². The number of halogens is 1. The van der Waals surface area contributed by atoms with Crippen LogP contribution in [0.15, 0.2) is 24.3 Å². The third kappa shape index (κ3) is 6.29. The van der Waals surface area contributed by atoms with Gasteiger partial charge in [0.2, 0.25) is 5.91 Å². The van der Waals surface area contributed by atoms with E-state index in [-0.39, 0.29) is 5.91 Å². The third-order valence-electron chi connectivity index (χ3n) is 2.25. The quantitative estimate of drug-likeness (QED) is 0.760. The smallest absolute Gasteiger partial charge is 0.224 e. The van der Waals surface area contributed by atoms with E-state index in [0.717, 1.165) is 18.6 Å². The molecular weight excluding hydrogens is 238 g/mol. The van der Waals surface area contributed by atoms with Crippen LogP contribution in [-0.4, -0.2) is 25.7 Å². The topological polar surface area (TPSA) is 38.3 Å². The minimum absolute atomic E-state index is 0.0174. The summed E-state index contributed by atoms with van der Waals surface area (Å²) in [5, 5.41) is 3.51. The van der Waals surface area contributed by atoms with Crippen molar-refractivity contribution in [3.63, 3.8) is 0 Å². The van der Waals surface area contributed by atoms with Crippen molar-refractivity contribution in [2.75, 3.05) is 19.8 Å². The van der Waals surface area contributed by atoms with Crippen LogP contribution in [0, 0.1) is 0 Å². The maximum absolute atomic E-state index is 11.6. The zero-order valence-electron chi connectivity index (χ0n) is 10.0. The molecule has 0 bridgehead atoms. The molecule has 0 saturated carbocycles. The van der Waals surface area contributed by atoms with Crippen molar-refractivity contribution in [2.24, 2.45) is 0 Å². The predicted molar refractivity (Wildman–Crippen MR) is 69.3 cm³/mol. The normalized spacial score (nSPS) is 10.2. The number of carbonyl (C=O) groups is 1. The number of hydrogen-bond donors (Lipinski definition) is 1. The maximum Gasteiger partial charge on any atom is 0.224 e. The van der Waals surface area contributed by atoms with E-state index in [1.54, 1.807) is 12.1 Å². The highest BCUT2D eigenvalue weighted by Gasteiger charge is 2.02. The number of amides is 1. The molecule has 1 rings (SSSR count). The number of nitrogens with one attached hydrogen (secondary N) is 1. The van der Waals surface area contributed by atoms with Gasteiger partial charge in [-0.15, -0.1) is 0 Å². The Balaban J connectivity index is 2.21. The van der Waals surface area contributed by atoms with Gasteiger partial charge < -0.3 is 10.1 Å². The highest BCUT2D eigenvalue weighted by atomic mass is 35.5. The molecule has 1 amide bonds. The summed E-state index contributed by atoms with van der Waals surface area (Å²) in [6.45, 7) is 4.02. The fourth-order valence-corrected chi connectivity index (χ4v) is 1.65. The molecule has 0 spiro atoms. The molecule has 0 aliphatic heterocycles. The number of rotatable bonds is 7. The lowest BCUT2D eigenvalue weighted by molar-refractivity contribution is -0.120. The summed E-state index contributed by atoms with van der Waals surface area (Å²) in [4.78, 5) is 11.6. The molecule has 0 fully saturated rings. The number of hydrogen-bond acceptors (Lipinski definition) is 2. The molecule has 1 aromatic rings. The van der Waals surface area contributed by atoms with E-state index in [2.05, 4.69) is 5.32 Å². The Hall–Kier alpha value is -1.06. The monoisotopic (exact) mass is 255 g/mol. The van der Waals surface area contributed by atoms with E-state index in [1.165, 1.54) is 0 Å². The molecule has 1 N–H and O–H groups in total. The molecule has 0 aliphatic carbocycles. The molecule has 0 heterocycles. The van der Waals surface area contributed by atoms with Crippen LogP contribution >= 0.6 is 11.6 Å². The Morgan fingerprint density at radius 3 is 3.00 bits per heavy atom. The average Bonchev–Trinajstić information content (AvgIpc) is 2.29. The van der Waals surface area contributed by atoms with Crippen molar-refractivity contribution in [3.05, 3.63) is 34.9 Å². The van der Waals surface area contributed by atoms with Gasteiger partial charge in [-0.1, -0.05) is 23.7 Å². The van der Waals surface area contributed by atoms with Crippen molar-refractivity contribution >= 4 is 17.5 Å². The molecule has 1 aromatic carbocycles. The summed E-state index contributed by atoms with van der Waals surface area (Å²) in [5.41, 5.74) is 0.930. The van der Waals surface area contributed by atoms with Gasteiger partial charge in [0.15, 0.2) is 0 Å². The van der Waals surface area contributed by atoms with Crippen LogP contribution < -0.4 is 5.32 Å². The second-order valence-corrected chi connectivity index (χ2v) is 4.14. The van der Waals surface area contributed by atoms with Gasteiger partial charge in [-0.2, -0.15) is 0 Å². The standard InChI is InChI=1S/C13H18ClNO2/c1-2-17-8-4-7-15-13(16)10-11-5-3-6-12(14)9-11/h3,5-6,9H,2,4,7-8,10H2,1H3,(H,15,16). The largest absolute Gasteiger partial charge is 0.382 e. The SMILES string of the molecule is CCOCCCNC(=O)Cc1cccc(Cl)c1. The second kappa shape index (κ2) is 8.09. The van der Waals surface area contributed by atoms with Crippen molar-refractivity contribution in [2.45, 2.75) is 19.8 Å². The van der Waals surface area contributed by atoms with Crippen LogP contribution in [0.4, 0.5) is 0 Å². The summed E-state index contributed by atoms with van der Waals surface area (Å²) < 4.78 is 5.18. The molecule has 94 valence electrons. The third-order valence-corrected chi connectivity index (χ3v) is 2.48. The van der Waals surface area contributed by atoms with Gasteiger partial charge in [0.05, 0.1) is 6.42 Å². The Kier molecular flexibility index (Phi) is 6.67. The van der Waals surface area contributed by atoms with Crippen LogP contribution in [0.5, 0.6) is 0 Å². The lowest BCUT2D eigenvalue weighted by Crippen LogP contribution is -2.26. The van der Waals surface area contributed by atoms with E-state index in [1.807, 2.05) is 19.1 Å². The fraction of sp³-hybridized carbons (Fsp3) is 0.462. The lowest BCUT2D eigenvalue weighted by Gasteiger charge is -2.05. The first-order chi connectivity index (χ1) is 8.22.